The second-order valence-electron chi connectivity index (χ2n) is 3.16. The first-order valence-electron chi connectivity index (χ1n) is 4.78. The molecule has 1 rings (SSSR count). The van der Waals surface area contributed by atoms with E-state index in [1.165, 1.54) is 0 Å². The predicted molar refractivity (Wildman–Crippen MR) is 59.6 cm³/mol. The van der Waals surface area contributed by atoms with Crippen molar-refractivity contribution in [2.75, 3.05) is 5.32 Å². The number of hydrogen-bond donors (Lipinski definition) is 1. The van der Waals surface area contributed by atoms with Gasteiger partial charge in [-0.1, -0.05) is 24.9 Å². The zero-order valence-electron chi connectivity index (χ0n) is 8.22. The first-order chi connectivity index (χ1) is 6.72. The second-order valence-corrected chi connectivity index (χ2v) is 3.60. The molecule has 0 heterocycles. The molecule has 0 spiro atoms. The third-order valence-electron chi connectivity index (χ3n) is 1.89. The molecule has 2 nitrogen and oxygen atoms in total. The number of carbonyl (C=O) groups excluding carboxylic acids is 1. The first-order valence-corrected chi connectivity index (χ1v) is 5.15. The van der Waals surface area contributed by atoms with Crippen molar-refractivity contribution in [1.82, 2.24) is 0 Å². The van der Waals surface area contributed by atoms with Gasteiger partial charge in [0.25, 0.3) is 0 Å². The second kappa shape index (κ2) is 5.66. The number of rotatable bonds is 4. The summed E-state index contributed by atoms with van der Waals surface area (Å²) in [5.41, 5.74) is 0.801. The summed E-state index contributed by atoms with van der Waals surface area (Å²) < 4.78 is 0. The van der Waals surface area contributed by atoms with Crippen molar-refractivity contribution in [1.29, 1.82) is 0 Å². The van der Waals surface area contributed by atoms with Crippen LogP contribution in [0, 0.1) is 0 Å². The zero-order chi connectivity index (χ0) is 10.4. The lowest BCUT2D eigenvalue weighted by Crippen LogP contribution is -2.10. The van der Waals surface area contributed by atoms with Crippen molar-refractivity contribution in [3.63, 3.8) is 0 Å². The fraction of sp³-hybridized carbons (Fsp3) is 0.364. The Morgan fingerprint density at radius 3 is 2.57 bits per heavy atom. The van der Waals surface area contributed by atoms with Gasteiger partial charge in [0.15, 0.2) is 0 Å². The molecule has 1 aromatic rings. The van der Waals surface area contributed by atoms with Crippen LogP contribution in [0.25, 0.3) is 0 Å². The maximum absolute atomic E-state index is 11.3. The van der Waals surface area contributed by atoms with Crippen LogP contribution < -0.4 is 5.32 Å². The van der Waals surface area contributed by atoms with Crippen LogP contribution in [0.4, 0.5) is 5.69 Å². The lowest BCUT2D eigenvalue weighted by Gasteiger charge is -2.03. The minimum atomic E-state index is 0.0640. The summed E-state index contributed by atoms with van der Waals surface area (Å²) in [6, 6.07) is 7.12. The molecular weight excluding hydrogens is 198 g/mol. The molecular formula is C11H14ClNO. The molecule has 0 aliphatic rings. The highest BCUT2D eigenvalue weighted by molar-refractivity contribution is 6.30. The molecule has 0 radical (unpaired) electrons. The summed E-state index contributed by atoms with van der Waals surface area (Å²) in [6.45, 7) is 2.07. The van der Waals surface area contributed by atoms with E-state index in [1.54, 1.807) is 24.3 Å². The van der Waals surface area contributed by atoms with Gasteiger partial charge in [-0.25, -0.2) is 0 Å². The Labute approximate surface area is 89.3 Å². The van der Waals surface area contributed by atoms with Gasteiger partial charge in [-0.05, 0) is 30.7 Å². The smallest absolute Gasteiger partial charge is 0.224 e. The third-order valence-corrected chi connectivity index (χ3v) is 2.14. The van der Waals surface area contributed by atoms with Crippen molar-refractivity contribution < 1.29 is 4.79 Å². The Morgan fingerprint density at radius 1 is 1.36 bits per heavy atom. The van der Waals surface area contributed by atoms with Gasteiger partial charge in [0.2, 0.25) is 5.91 Å². The van der Waals surface area contributed by atoms with Gasteiger partial charge in [-0.3, -0.25) is 4.79 Å². The van der Waals surface area contributed by atoms with E-state index in [1.807, 2.05) is 0 Å². The van der Waals surface area contributed by atoms with Crippen LogP contribution in [0.1, 0.15) is 26.2 Å². The van der Waals surface area contributed by atoms with Crippen molar-refractivity contribution >= 4 is 23.2 Å². The maximum Gasteiger partial charge on any atom is 0.224 e. The van der Waals surface area contributed by atoms with Gasteiger partial charge in [0.05, 0.1) is 0 Å². The van der Waals surface area contributed by atoms with Crippen LogP contribution >= 0.6 is 11.6 Å². The monoisotopic (exact) mass is 211 g/mol. The van der Waals surface area contributed by atoms with Crippen molar-refractivity contribution in [2.24, 2.45) is 0 Å². The molecule has 0 atom stereocenters. The number of hydrogen-bond acceptors (Lipinski definition) is 1. The van der Waals surface area contributed by atoms with E-state index in [9.17, 15) is 4.79 Å². The van der Waals surface area contributed by atoms with E-state index < -0.39 is 0 Å². The highest BCUT2D eigenvalue weighted by Crippen LogP contribution is 2.13. The number of benzene rings is 1. The molecule has 76 valence electrons. The average Bonchev–Trinajstić information content (AvgIpc) is 2.18. The fourth-order valence-electron chi connectivity index (χ4n) is 1.09. The van der Waals surface area contributed by atoms with Crippen LogP contribution in [0.3, 0.4) is 0 Å². The summed E-state index contributed by atoms with van der Waals surface area (Å²) in [6.07, 6.45) is 2.55. The SMILES string of the molecule is CCCCC(=O)Nc1ccc(Cl)cc1. The number of halogens is 1. The summed E-state index contributed by atoms with van der Waals surface area (Å²) >= 11 is 5.72. The highest BCUT2D eigenvalue weighted by atomic mass is 35.5. The third kappa shape index (κ3) is 3.79. The molecule has 0 aliphatic heterocycles. The number of nitrogens with one attached hydrogen (secondary N) is 1. The standard InChI is InChI=1S/C11H14ClNO/c1-2-3-4-11(14)13-10-7-5-9(12)6-8-10/h5-8H,2-4H2,1H3,(H,13,14). The summed E-state index contributed by atoms with van der Waals surface area (Å²) in [5, 5.41) is 3.48. The molecule has 0 saturated carbocycles. The Bertz CT molecular complexity index is 295. The first kappa shape index (κ1) is 11.1. The minimum Gasteiger partial charge on any atom is -0.326 e. The lowest BCUT2D eigenvalue weighted by atomic mass is 10.2. The van der Waals surface area contributed by atoms with Crippen LogP contribution in [0.15, 0.2) is 24.3 Å². The van der Waals surface area contributed by atoms with Crippen LogP contribution in [0.2, 0.25) is 5.02 Å². The van der Waals surface area contributed by atoms with Crippen molar-refractivity contribution in [3.05, 3.63) is 29.3 Å². The predicted octanol–water partition coefficient (Wildman–Crippen LogP) is 3.47. The molecule has 0 aliphatic carbocycles. The Balaban J connectivity index is 2.44. The van der Waals surface area contributed by atoms with Crippen molar-refractivity contribution in [3.8, 4) is 0 Å². The largest absolute Gasteiger partial charge is 0.326 e. The number of anilines is 1. The average molecular weight is 212 g/mol. The number of amides is 1. The van der Waals surface area contributed by atoms with E-state index in [0.29, 0.717) is 11.4 Å². The molecule has 1 amide bonds. The molecule has 14 heavy (non-hydrogen) atoms. The summed E-state index contributed by atoms with van der Waals surface area (Å²) in [5.74, 6) is 0.0640. The van der Waals surface area contributed by atoms with Gasteiger partial charge < -0.3 is 5.32 Å². The molecule has 3 heteroatoms. The molecule has 1 aromatic carbocycles. The van der Waals surface area contributed by atoms with Gasteiger partial charge >= 0.3 is 0 Å². The van der Waals surface area contributed by atoms with E-state index >= 15 is 0 Å². The molecule has 0 unspecified atom stereocenters. The van der Waals surface area contributed by atoms with E-state index in [-0.39, 0.29) is 5.91 Å². The van der Waals surface area contributed by atoms with Gasteiger partial charge in [0, 0.05) is 17.1 Å². The number of unbranched alkanes of at least 4 members (excludes halogenated alkanes) is 1. The molecule has 0 saturated heterocycles. The molecule has 0 aromatic heterocycles. The fourth-order valence-corrected chi connectivity index (χ4v) is 1.22. The van der Waals surface area contributed by atoms with E-state index in [0.717, 1.165) is 18.5 Å². The lowest BCUT2D eigenvalue weighted by molar-refractivity contribution is -0.116. The highest BCUT2D eigenvalue weighted by Gasteiger charge is 2.00. The minimum absolute atomic E-state index is 0.0640. The van der Waals surface area contributed by atoms with E-state index in [2.05, 4.69) is 12.2 Å². The van der Waals surface area contributed by atoms with Gasteiger partial charge in [0.1, 0.15) is 0 Å². The maximum atomic E-state index is 11.3. The molecule has 1 N–H and O–H groups in total. The number of carbonyl (C=O) groups is 1. The normalized spacial score (nSPS) is 9.86. The summed E-state index contributed by atoms with van der Waals surface area (Å²) in [7, 11) is 0. The molecule has 0 fully saturated rings. The molecule has 0 bridgehead atoms. The van der Waals surface area contributed by atoms with Gasteiger partial charge in [-0.15, -0.1) is 0 Å². The Hall–Kier alpha value is -1.02. The van der Waals surface area contributed by atoms with Gasteiger partial charge in [-0.2, -0.15) is 0 Å². The summed E-state index contributed by atoms with van der Waals surface area (Å²) in [4.78, 5) is 11.3. The Kier molecular flexibility index (Phi) is 4.47. The van der Waals surface area contributed by atoms with Crippen molar-refractivity contribution in [2.45, 2.75) is 26.2 Å². The van der Waals surface area contributed by atoms with Crippen LogP contribution in [-0.4, -0.2) is 5.91 Å². The van der Waals surface area contributed by atoms with E-state index in [4.69, 9.17) is 11.6 Å². The van der Waals surface area contributed by atoms with Crippen LogP contribution in [-0.2, 0) is 4.79 Å². The Morgan fingerprint density at radius 2 is 2.00 bits per heavy atom. The zero-order valence-corrected chi connectivity index (χ0v) is 8.97. The van der Waals surface area contributed by atoms with Crippen LogP contribution in [0.5, 0.6) is 0 Å². The quantitative estimate of drug-likeness (QED) is 0.812. The topological polar surface area (TPSA) is 29.1 Å².